The van der Waals surface area contributed by atoms with Gasteiger partial charge in [0.25, 0.3) is 11.8 Å². The number of fused-ring (bicyclic) bond motifs is 1. The summed E-state index contributed by atoms with van der Waals surface area (Å²) in [4.78, 5) is 25.7. The summed E-state index contributed by atoms with van der Waals surface area (Å²) in [6, 6.07) is 13.9. The zero-order chi connectivity index (χ0) is 17.1. The zero-order valence-corrected chi connectivity index (χ0v) is 13.5. The summed E-state index contributed by atoms with van der Waals surface area (Å²) in [6.07, 6.45) is -0.719. The molecule has 24 heavy (non-hydrogen) atoms. The number of carbonyl (C=O) groups is 2. The number of para-hydroxylation sites is 2. The Morgan fingerprint density at radius 3 is 2.38 bits per heavy atom. The van der Waals surface area contributed by atoms with Crippen molar-refractivity contribution in [3.05, 3.63) is 54.1 Å². The number of nitrogens with one attached hydrogen (secondary N) is 1. The molecule has 6 nitrogen and oxygen atoms in total. The predicted octanol–water partition coefficient (Wildman–Crippen LogP) is 2.17. The van der Waals surface area contributed by atoms with E-state index >= 15 is 0 Å². The summed E-state index contributed by atoms with van der Waals surface area (Å²) in [5.74, 6) is 0.800. The number of hydrogen-bond acceptors (Lipinski definition) is 4. The summed E-state index contributed by atoms with van der Waals surface area (Å²) < 4.78 is 11.2. The second-order valence-corrected chi connectivity index (χ2v) is 5.63. The molecule has 2 aromatic carbocycles. The highest BCUT2D eigenvalue weighted by molar-refractivity contribution is 5.97. The monoisotopic (exact) mass is 326 g/mol. The van der Waals surface area contributed by atoms with Gasteiger partial charge < -0.3 is 19.7 Å². The van der Waals surface area contributed by atoms with Crippen LogP contribution in [-0.2, 0) is 4.79 Å². The molecule has 3 rings (SSSR count). The highest BCUT2D eigenvalue weighted by Gasteiger charge is 2.27. The van der Waals surface area contributed by atoms with Crippen LogP contribution >= 0.6 is 0 Å². The van der Waals surface area contributed by atoms with Gasteiger partial charge in [-0.25, -0.2) is 0 Å². The van der Waals surface area contributed by atoms with Crippen molar-refractivity contribution in [3.8, 4) is 11.5 Å². The van der Waals surface area contributed by atoms with Gasteiger partial charge in [-0.15, -0.1) is 0 Å². The van der Waals surface area contributed by atoms with Crippen LogP contribution in [-0.4, -0.2) is 43.5 Å². The van der Waals surface area contributed by atoms with Crippen LogP contribution in [0.15, 0.2) is 48.5 Å². The van der Waals surface area contributed by atoms with E-state index in [4.69, 9.17) is 9.47 Å². The lowest BCUT2D eigenvalue weighted by molar-refractivity contribution is -0.125. The molecule has 0 bridgehead atoms. The molecule has 0 unspecified atom stereocenters. The maximum absolute atomic E-state index is 12.3. The predicted molar refractivity (Wildman–Crippen MR) is 89.4 cm³/mol. The lowest BCUT2D eigenvalue weighted by atomic mass is 10.2. The normalized spacial score (nSPS) is 15.5. The Morgan fingerprint density at radius 1 is 1.04 bits per heavy atom. The van der Waals surface area contributed by atoms with Crippen molar-refractivity contribution >= 4 is 17.5 Å². The van der Waals surface area contributed by atoms with Gasteiger partial charge in [0, 0.05) is 25.3 Å². The van der Waals surface area contributed by atoms with E-state index < -0.39 is 6.10 Å². The summed E-state index contributed by atoms with van der Waals surface area (Å²) >= 11 is 0. The fraction of sp³-hybridized carbons (Fsp3) is 0.222. The summed E-state index contributed by atoms with van der Waals surface area (Å²) in [7, 11) is 3.38. The van der Waals surface area contributed by atoms with E-state index in [1.807, 2.05) is 12.1 Å². The molecule has 1 atom stereocenters. The van der Waals surface area contributed by atoms with Crippen molar-refractivity contribution in [1.29, 1.82) is 0 Å². The smallest absolute Gasteiger partial charge is 0.269 e. The quantitative estimate of drug-likeness (QED) is 0.938. The van der Waals surface area contributed by atoms with Crippen molar-refractivity contribution < 1.29 is 19.1 Å². The van der Waals surface area contributed by atoms with Gasteiger partial charge in [-0.05, 0) is 36.4 Å². The first kappa shape index (κ1) is 15.9. The molecule has 0 saturated carbocycles. The van der Waals surface area contributed by atoms with Gasteiger partial charge in [0.15, 0.2) is 11.5 Å². The first-order chi connectivity index (χ1) is 11.5. The van der Waals surface area contributed by atoms with Crippen LogP contribution in [0, 0.1) is 0 Å². The molecule has 0 fully saturated rings. The topological polar surface area (TPSA) is 67.9 Å². The molecule has 2 amide bonds. The molecule has 6 heteroatoms. The van der Waals surface area contributed by atoms with E-state index in [0.717, 1.165) is 0 Å². The highest BCUT2D eigenvalue weighted by Crippen LogP contribution is 2.31. The van der Waals surface area contributed by atoms with Gasteiger partial charge in [0.05, 0.1) is 0 Å². The van der Waals surface area contributed by atoms with Crippen LogP contribution in [0.1, 0.15) is 10.4 Å². The number of benzene rings is 2. The Labute approximate surface area is 140 Å². The molecular weight excluding hydrogens is 308 g/mol. The third kappa shape index (κ3) is 3.32. The van der Waals surface area contributed by atoms with E-state index in [9.17, 15) is 9.59 Å². The van der Waals surface area contributed by atoms with Crippen LogP contribution in [0.5, 0.6) is 11.5 Å². The number of ether oxygens (including phenoxy) is 2. The number of rotatable bonds is 3. The minimum atomic E-state index is -0.719. The van der Waals surface area contributed by atoms with Crippen molar-refractivity contribution in [2.75, 3.05) is 26.0 Å². The highest BCUT2D eigenvalue weighted by atomic mass is 16.6. The van der Waals surface area contributed by atoms with Crippen molar-refractivity contribution in [1.82, 2.24) is 4.90 Å². The number of carbonyl (C=O) groups excluding carboxylic acids is 2. The van der Waals surface area contributed by atoms with Gasteiger partial charge in [-0.3, -0.25) is 9.59 Å². The van der Waals surface area contributed by atoms with Crippen molar-refractivity contribution in [2.45, 2.75) is 6.10 Å². The maximum Gasteiger partial charge on any atom is 0.269 e. The number of nitrogens with zero attached hydrogens (tertiary/aromatic N) is 1. The van der Waals surface area contributed by atoms with Crippen LogP contribution < -0.4 is 14.8 Å². The lowest BCUT2D eigenvalue weighted by Crippen LogP contribution is -2.40. The summed E-state index contributed by atoms with van der Waals surface area (Å²) in [5.41, 5.74) is 1.15. The molecule has 1 N–H and O–H groups in total. The van der Waals surface area contributed by atoms with E-state index in [2.05, 4.69) is 5.32 Å². The molecular formula is C18H18N2O4. The van der Waals surface area contributed by atoms with Gasteiger partial charge in [-0.1, -0.05) is 12.1 Å². The Bertz CT molecular complexity index is 756. The number of hydrogen-bond donors (Lipinski definition) is 1. The fourth-order valence-electron chi connectivity index (χ4n) is 2.33. The van der Waals surface area contributed by atoms with E-state index in [-0.39, 0.29) is 18.4 Å². The molecule has 1 aliphatic heterocycles. The second kappa shape index (κ2) is 6.62. The van der Waals surface area contributed by atoms with Gasteiger partial charge in [0.2, 0.25) is 6.10 Å². The molecule has 0 radical (unpaired) electrons. The second-order valence-electron chi connectivity index (χ2n) is 5.63. The first-order valence-corrected chi connectivity index (χ1v) is 7.55. The Kier molecular flexibility index (Phi) is 4.37. The van der Waals surface area contributed by atoms with E-state index in [1.54, 1.807) is 50.5 Å². The average molecular weight is 326 g/mol. The summed E-state index contributed by atoms with van der Waals surface area (Å²) in [5, 5.41) is 2.77. The van der Waals surface area contributed by atoms with Gasteiger partial charge in [0.1, 0.15) is 6.61 Å². The number of amides is 2. The zero-order valence-electron chi connectivity index (χ0n) is 13.5. The Hall–Kier alpha value is -3.02. The maximum atomic E-state index is 12.3. The van der Waals surface area contributed by atoms with Crippen LogP contribution in [0.4, 0.5) is 5.69 Å². The largest absolute Gasteiger partial charge is 0.485 e. The number of anilines is 1. The third-order valence-electron chi connectivity index (χ3n) is 3.61. The van der Waals surface area contributed by atoms with E-state index in [1.165, 1.54) is 4.90 Å². The SMILES string of the molecule is CN(C)C(=O)c1ccc(NC(=O)[C@@H]2COc3ccccc3O2)cc1. The van der Waals surface area contributed by atoms with Crippen LogP contribution in [0.3, 0.4) is 0 Å². The molecule has 0 aliphatic carbocycles. The van der Waals surface area contributed by atoms with Crippen molar-refractivity contribution in [2.24, 2.45) is 0 Å². The van der Waals surface area contributed by atoms with Gasteiger partial charge >= 0.3 is 0 Å². The first-order valence-electron chi connectivity index (χ1n) is 7.55. The molecule has 0 aromatic heterocycles. The molecule has 2 aromatic rings. The van der Waals surface area contributed by atoms with Crippen LogP contribution in [0.2, 0.25) is 0 Å². The standard InChI is InChI=1S/C18H18N2O4/c1-20(2)18(22)12-7-9-13(10-8-12)19-17(21)16-11-23-14-5-3-4-6-15(14)24-16/h3-10,16H,11H2,1-2H3,(H,19,21)/t16-/m0/s1. The lowest BCUT2D eigenvalue weighted by Gasteiger charge is -2.25. The molecule has 1 heterocycles. The third-order valence-corrected chi connectivity index (χ3v) is 3.61. The van der Waals surface area contributed by atoms with Crippen molar-refractivity contribution in [3.63, 3.8) is 0 Å². The van der Waals surface area contributed by atoms with Gasteiger partial charge in [-0.2, -0.15) is 0 Å². The minimum absolute atomic E-state index is 0.0894. The Morgan fingerprint density at radius 2 is 1.71 bits per heavy atom. The molecule has 124 valence electrons. The summed E-state index contributed by atoms with van der Waals surface area (Å²) in [6.45, 7) is 0.153. The molecule has 0 spiro atoms. The fourth-order valence-corrected chi connectivity index (χ4v) is 2.33. The minimum Gasteiger partial charge on any atom is -0.485 e. The van der Waals surface area contributed by atoms with E-state index in [0.29, 0.717) is 22.7 Å². The molecule has 1 aliphatic rings. The average Bonchev–Trinajstić information content (AvgIpc) is 2.61. The Balaban J connectivity index is 1.64. The molecule has 0 saturated heterocycles. The van der Waals surface area contributed by atoms with Crippen LogP contribution in [0.25, 0.3) is 0 Å².